The molecule has 1 aliphatic rings. The van der Waals surface area contributed by atoms with Crippen molar-refractivity contribution < 1.29 is 4.74 Å². The summed E-state index contributed by atoms with van der Waals surface area (Å²) in [7, 11) is 0. The number of anilines is 1. The summed E-state index contributed by atoms with van der Waals surface area (Å²) in [6.45, 7) is 4.84. The molecule has 1 saturated heterocycles. The summed E-state index contributed by atoms with van der Waals surface area (Å²) in [5, 5.41) is 7.47. The lowest BCUT2D eigenvalue weighted by Gasteiger charge is -2.09. The lowest BCUT2D eigenvalue weighted by Crippen LogP contribution is -2.15. The van der Waals surface area contributed by atoms with Gasteiger partial charge in [0.15, 0.2) is 5.82 Å². The Morgan fingerprint density at radius 3 is 3.22 bits per heavy atom. The average Bonchev–Trinajstić information content (AvgIpc) is 2.96. The average molecular weight is 247 g/mol. The van der Waals surface area contributed by atoms with Gasteiger partial charge in [0, 0.05) is 18.0 Å². The number of aromatic nitrogens is 3. The van der Waals surface area contributed by atoms with Gasteiger partial charge in [-0.05, 0) is 19.9 Å². The molecule has 1 aliphatic heterocycles. The summed E-state index contributed by atoms with van der Waals surface area (Å²) >= 11 is 0. The SMILES string of the molecule is Cc1c(OCC2CCNC2)cn2ncnc(N)c12. The molecule has 6 heteroatoms. The predicted octanol–water partition coefficient (Wildman–Crippen LogP) is 0.608. The minimum atomic E-state index is 0.486. The first kappa shape index (κ1) is 11.3. The van der Waals surface area contributed by atoms with Crippen LogP contribution in [0.3, 0.4) is 0 Å². The first-order chi connectivity index (χ1) is 8.75. The Kier molecular flexibility index (Phi) is 2.79. The van der Waals surface area contributed by atoms with E-state index in [1.807, 2.05) is 13.1 Å². The van der Waals surface area contributed by atoms with E-state index in [2.05, 4.69) is 15.4 Å². The van der Waals surface area contributed by atoms with Gasteiger partial charge in [-0.25, -0.2) is 9.50 Å². The van der Waals surface area contributed by atoms with E-state index in [9.17, 15) is 0 Å². The maximum Gasteiger partial charge on any atom is 0.151 e. The van der Waals surface area contributed by atoms with E-state index in [0.717, 1.165) is 36.5 Å². The van der Waals surface area contributed by atoms with Crippen molar-refractivity contribution in [2.45, 2.75) is 13.3 Å². The van der Waals surface area contributed by atoms with E-state index in [0.29, 0.717) is 11.7 Å². The Bertz CT molecular complexity index is 559. The monoisotopic (exact) mass is 247 g/mol. The Morgan fingerprint density at radius 1 is 1.61 bits per heavy atom. The maximum absolute atomic E-state index is 5.88. The Labute approximate surface area is 105 Å². The molecule has 2 aromatic rings. The van der Waals surface area contributed by atoms with Crippen LogP contribution in [0.25, 0.3) is 5.52 Å². The van der Waals surface area contributed by atoms with Crippen LogP contribution in [-0.4, -0.2) is 34.3 Å². The molecular formula is C12H17N5O. The third-order valence-corrected chi connectivity index (χ3v) is 3.45. The highest BCUT2D eigenvalue weighted by molar-refractivity contribution is 5.72. The number of nitrogens with zero attached hydrogens (tertiary/aromatic N) is 3. The van der Waals surface area contributed by atoms with Crippen LogP contribution in [0, 0.1) is 12.8 Å². The predicted molar refractivity (Wildman–Crippen MR) is 68.6 cm³/mol. The number of ether oxygens (including phenoxy) is 1. The molecule has 1 unspecified atom stereocenters. The molecule has 0 bridgehead atoms. The van der Waals surface area contributed by atoms with Crippen LogP contribution in [0.1, 0.15) is 12.0 Å². The fraction of sp³-hybridized carbons (Fsp3) is 0.500. The van der Waals surface area contributed by atoms with Gasteiger partial charge in [-0.2, -0.15) is 5.10 Å². The smallest absolute Gasteiger partial charge is 0.151 e. The van der Waals surface area contributed by atoms with Gasteiger partial charge >= 0.3 is 0 Å². The highest BCUT2D eigenvalue weighted by atomic mass is 16.5. The zero-order valence-electron chi connectivity index (χ0n) is 10.4. The highest BCUT2D eigenvalue weighted by Gasteiger charge is 2.17. The molecule has 3 heterocycles. The van der Waals surface area contributed by atoms with Gasteiger partial charge in [0.2, 0.25) is 0 Å². The summed E-state index contributed by atoms with van der Waals surface area (Å²) < 4.78 is 7.60. The summed E-state index contributed by atoms with van der Waals surface area (Å²) in [5.74, 6) is 1.92. The summed E-state index contributed by atoms with van der Waals surface area (Å²) in [6.07, 6.45) is 4.49. The van der Waals surface area contributed by atoms with E-state index in [1.54, 1.807) is 4.52 Å². The first-order valence-corrected chi connectivity index (χ1v) is 6.17. The Morgan fingerprint density at radius 2 is 2.50 bits per heavy atom. The zero-order valence-corrected chi connectivity index (χ0v) is 10.4. The molecule has 3 rings (SSSR count). The van der Waals surface area contributed by atoms with Crippen molar-refractivity contribution in [3.63, 3.8) is 0 Å². The van der Waals surface area contributed by atoms with Crippen LogP contribution in [0.15, 0.2) is 12.5 Å². The Balaban J connectivity index is 1.83. The molecular weight excluding hydrogens is 230 g/mol. The number of nitrogen functional groups attached to an aromatic ring is 1. The largest absolute Gasteiger partial charge is 0.491 e. The number of nitrogens with two attached hydrogens (primary N) is 1. The summed E-state index contributed by atoms with van der Waals surface area (Å²) in [5.41, 5.74) is 7.68. The third-order valence-electron chi connectivity index (χ3n) is 3.45. The molecule has 3 N–H and O–H groups in total. The van der Waals surface area contributed by atoms with Crippen LogP contribution in [-0.2, 0) is 0 Å². The van der Waals surface area contributed by atoms with Crippen LogP contribution < -0.4 is 15.8 Å². The second-order valence-corrected chi connectivity index (χ2v) is 4.73. The van der Waals surface area contributed by atoms with E-state index in [-0.39, 0.29) is 0 Å². The molecule has 1 fully saturated rings. The van der Waals surface area contributed by atoms with E-state index >= 15 is 0 Å². The lowest BCUT2D eigenvalue weighted by atomic mass is 10.1. The van der Waals surface area contributed by atoms with E-state index < -0.39 is 0 Å². The van der Waals surface area contributed by atoms with Crippen molar-refractivity contribution in [3.8, 4) is 5.75 Å². The van der Waals surface area contributed by atoms with Crippen LogP contribution >= 0.6 is 0 Å². The second kappa shape index (κ2) is 4.45. The summed E-state index contributed by atoms with van der Waals surface area (Å²) in [4.78, 5) is 4.00. The van der Waals surface area contributed by atoms with E-state index in [4.69, 9.17) is 10.5 Å². The molecule has 96 valence electrons. The molecule has 6 nitrogen and oxygen atoms in total. The molecule has 0 aliphatic carbocycles. The number of hydrogen-bond donors (Lipinski definition) is 2. The first-order valence-electron chi connectivity index (χ1n) is 6.17. The minimum Gasteiger partial charge on any atom is -0.491 e. The molecule has 0 amide bonds. The van der Waals surface area contributed by atoms with Gasteiger partial charge in [0.1, 0.15) is 17.6 Å². The van der Waals surface area contributed by atoms with Crippen molar-refractivity contribution in [2.75, 3.05) is 25.4 Å². The van der Waals surface area contributed by atoms with Gasteiger partial charge in [-0.1, -0.05) is 0 Å². The normalized spacial score (nSPS) is 19.5. The standard InChI is InChI=1S/C12H17N5O/c1-8-10(18-6-9-2-3-14-4-9)5-17-11(8)12(13)15-7-16-17/h5,7,9,14H,2-4,6H2,1H3,(H2,13,15,16). The minimum absolute atomic E-state index is 0.486. The molecule has 0 saturated carbocycles. The third kappa shape index (κ3) is 1.88. The zero-order chi connectivity index (χ0) is 12.5. The summed E-state index contributed by atoms with van der Waals surface area (Å²) in [6, 6.07) is 0. The number of aryl methyl sites for hydroxylation is 1. The van der Waals surface area contributed by atoms with Gasteiger partial charge in [-0.3, -0.25) is 0 Å². The van der Waals surface area contributed by atoms with E-state index in [1.165, 1.54) is 12.7 Å². The lowest BCUT2D eigenvalue weighted by molar-refractivity contribution is 0.259. The number of hydrogen-bond acceptors (Lipinski definition) is 5. The van der Waals surface area contributed by atoms with Crippen molar-refractivity contribution in [1.29, 1.82) is 0 Å². The Hall–Kier alpha value is -1.82. The maximum atomic E-state index is 5.88. The van der Waals surface area contributed by atoms with Crippen molar-refractivity contribution in [2.24, 2.45) is 5.92 Å². The van der Waals surface area contributed by atoms with Gasteiger partial charge < -0.3 is 15.8 Å². The van der Waals surface area contributed by atoms with Gasteiger partial charge in [0.05, 0.1) is 12.8 Å². The second-order valence-electron chi connectivity index (χ2n) is 4.73. The fourth-order valence-electron chi connectivity index (χ4n) is 2.38. The van der Waals surface area contributed by atoms with Crippen LogP contribution in [0.5, 0.6) is 5.75 Å². The van der Waals surface area contributed by atoms with Crippen LogP contribution in [0.4, 0.5) is 5.82 Å². The van der Waals surface area contributed by atoms with Crippen LogP contribution in [0.2, 0.25) is 0 Å². The van der Waals surface area contributed by atoms with Gasteiger partial charge in [-0.15, -0.1) is 0 Å². The highest BCUT2D eigenvalue weighted by Crippen LogP contribution is 2.27. The molecule has 1 atom stereocenters. The number of rotatable bonds is 3. The van der Waals surface area contributed by atoms with Crippen molar-refractivity contribution in [1.82, 2.24) is 19.9 Å². The number of nitrogens with one attached hydrogen (secondary N) is 1. The topological polar surface area (TPSA) is 77.5 Å². The molecule has 0 radical (unpaired) electrons. The number of fused-ring (bicyclic) bond motifs is 1. The molecule has 0 spiro atoms. The quantitative estimate of drug-likeness (QED) is 0.831. The fourth-order valence-corrected chi connectivity index (χ4v) is 2.38. The van der Waals surface area contributed by atoms with Crippen molar-refractivity contribution in [3.05, 3.63) is 18.1 Å². The van der Waals surface area contributed by atoms with Crippen molar-refractivity contribution >= 4 is 11.3 Å². The van der Waals surface area contributed by atoms with Gasteiger partial charge in [0.25, 0.3) is 0 Å². The molecule has 18 heavy (non-hydrogen) atoms. The molecule has 0 aromatic carbocycles. The molecule has 2 aromatic heterocycles.